The van der Waals surface area contributed by atoms with E-state index in [1.54, 1.807) is 24.5 Å². The Morgan fingerprint density at radius 2 is 1.83 bits per heavy atom. The zero-order valence-electron chi connectivity index (χ0n) is 16.7. The molecule has 0 saturated carbocycles. The molecular weight excluding hydrogens is 378 g/mol. The number of hydrogen-bond acceptors (Lipinski definition) is 6. The summed E-state index contributed by atoms with van der Waals surface area (Å²) in [6.07, 6.45) is 3.61. The fraction of sp³-hybridized carbons (Fsp3) is 0.261. The number of amides is 1. The summed E-state index contributed by atoms with van der Waals surface area (Å²) in [6, 6.07) is 17.2. The van der Waals surface area contributed by atoms with Crippen LogP contribution in [0.2, 0.25) is 0 Å². The monoisotopic (exact) mass is 403 g/mol. The van der Waals surface area contributed by atoms with Crippen LogP contribution >= 0.6 is 0 Å². The second-order valence-electron chi connectivity index (χ2n) is 7.39. The first-order valence-corrected chi connectivity index (χ1v) is 10.1. The number of aromatic nitrogens is 2. The average Bonchev–Trinajstić information content (AvgIpc) is 2.78. The highest BCUT2D eigenvalue weighted by Crippen LogP contribution is 2.18. The highest BCUT2D eigenvalue weighted by atomic mass is 16.3. The molecule has 3 heterocycles. The van der Waals surface area contributed by atoms with Gasteiger partial charge in [-0.1, -0.05) is 30.3 Å². The second-order valence-corrected chi connectivity index (χ2v) is 7.39. The van der Waals surface area contributed by atoms with E-state index in [2.05, 4.69) is 43.7 Å². The van der Waals surface area contributed by atoms with E-state index in [-0.39, 0.29) is 12.5 Å². The number of fused-ring (bicyclic) bond motifs is 1. The Kier molecular flexibility index (Phi) is 6.32. The van der Waals surface area contributed by atoms with Gasteiger partial charge < -0.3 is 15.7 Å². The third-order valence-electron chi connectivity index (χ3n) is 5.12. The van der Waals surface area contributed by atoms with Gasteiger partial charge in [0.05, 0.1) is 6.10 Å². The summed E-state index contributed by atoms with van der Waals surface area (Å²) in [5.74, 6) is 0.944. The van der Waals surface area contributed by atoms with Crippen LogP contribution in [0.15, 0.2) is 67.0 Å². The van der Waals surface area contributed by atoms with Crippen molar-refractivity contribution in [1.82, 2.24) is 20.2 Å². The Morgan fingerprint density at radius 1 is 1.03 bits per heavy atom. The van der Waals surface area contributed by atoms with E-state index in [1.165, 1.54) is 11.1 Å². The van der Waals surface area contributed by atoms with Gasteiger partial charge in [0.15, 0.2) is 0 Å². The Balaban J connectivity index is 1.28. The summed E-state index contributed by atoms with van der Waals surface area (Å²) in [4.78, 5) is 23.1. The number of aliphatic hydroxyl groups is 1. The molecule has 154 valence electrons. The van der Waals surface area contributed by atoms with E-state index in [0.29, 0.717) is 23.7 Å². The van der Waals surface area contributed by atoms with Crippen LogP contribution in [-0.4, -0.2) is 51.6 Å². The number of rotatable bonds is 7. The molecule has 0 aliphatic carbocycles. The van der Waals surface area contributed by atoms with Crippen LogP contribution in [-0.2, 0) is 13.0 Å². The van der Waals surface area contributed by atoms with Gasteiger partial charge in [0.25, 0.3) is 5.91 Å². The van der Waals surface area contributed by atoms with Crippen molar-refractivity contribution in [3.05, 3.63) is 83.7 Å². The van der Waals surface area contributed by atoms with Crippen molar-refractivity contribution in [2.24, 2.45) is 0 Å². The smallest absolute Gasteiger partial charge is 0.251 e. The minimum Gasteiger partial charge on any atom is -0.390 e. The van der Waals surface area contributed by atoms with Gasteiger partial charge in [0.1, 0.15) is 11.6 Å². The van der Waals surface area contributed by atoms with Crippen LogP contribution in [0, 0.1) is 0 Å². The molecule has 1 amide bonds. The molecule has 4 rings (SSSR count). The van der Waals surface area contributed by atoms with Crippen LogP contribution in [0.3, 0.4) is 0 Å². The van der Waals surface area contributed by atoms with E-state index in [4.69, 9.17) is 0 Å². The van der Waals surface area contributed by atoms with Crippen LogP contribution in [0.1, 0.15) is 21.5 Å². The summed E-state index contributed by atoms with van der Waals surface area (Å²) < 4.78 is 0. The van der Waals surface area contributed by atoms with Crippen molar-refractivity contribution in [1.29, 1.82) is 0 Å². The number of hydrogen-bond donors (Lipinski definition) is 3. The van der Waals surface area contributed by atoms with E-state index in [9.17, 15) is 9.90 Å². The van der Waals surface area contributed by atoms with Gasteiger partial charge in [-0.3, -0.25) is 9.69 Å². The number of pyridine rings is 2. The Morgan fingerprint density at radius 3 is 2.67 bits per heavy atom. The molecule has 0 saturated heterocycles. The molecule has 1 aromatic carbocycles. The maximum atomic E-state index is 12.5. The van der Waals surface area contributed by atoms with Gasteiger partial charge in [-0.2, -0.15) is 0 Å². The van der Waals surface area contributed by atoms with E-state index >= 15 is 0 Å². The lowest BCUT2D eigenvalue weighted by Gasteiger charge is -2.30. The topological polar surface area (TPSA) is 90.4 Å². The number of carbonyl (C=O) groups excluding carboxylic acids is 1. The summed E-state index contributed by atoms with van der Waals surface area (Å²) in [5.41, 5.74) is 3.16. The van der Waals surface area contributed by atoms with E-state index in [0.717, 1.165) is 19.5 Å². The quantitative estimate of drug-likeness (QED) is 0.561. The maximum absolute atomic E-state index is 12.5. The third-order valence-corrected chi connectivity index (χ3v) is 5.12. The first-order chi connectivity index (χ1) is 14.7. The Bertz CT molecular complexity index is 996. The molecule has 3 N–H and O–H groups in total. The van der Waals surface area contributed by atoms with Crippen LogP contribution in [0.25, 0.3) is 0 Å². The van der Waals surface area contributed by atoms with Gasteiger partial charge in [-0.05, 0) is 41.8 Å². The molecule has 1 aliphatic heterocycles. The Labute approximate surface area is 175 Å². The predicted octanol–water partition coefficient (Wildman–Crippen LogP) is 2.37. The zero-order valence-corrected chi connectivity index (χ0v) is 16.7. The molecule has 0 spiro atoms. The van der Waals surface area contributed by atoms with Crippen molar-refractivity contribution in [2.45, 2.75) is 19.1 Å². The van der Waals surface area contributed by atoms with Gasteiger partial charge >= 0.3 is 0 Å². The first-order valence-electron chi connectivity index (χ1n) is 10.1. The van der Waals surface area contributed by atoms with Crippen molar-refractivity contribution in [2.75, 3.05) is 25.0 Å². The summed E-state index contributed by atoms with van der Waals surface area (Å²) in [6.45, 7) is 2.46. The standard InChI is InChI=1S/C23H25N5O2/c29-20(16-28-12-9-17-5-1-2-6-19(17)15-28)14-26-23(30)18-8-11-25-22(13-18)27-21-7-3-4-10-24-21/h1-8,10-11,13,20,29H,9,12,14-16H2,(H,26,30)(H,24,25,27). The van der Waals surface area contributed by atoms with Crippen molar-refractivity contribution in [3.8, 4) is 0 Å². The van der Waals surface area contributed by atoms with Crippen molar-refractivity contribution >= 4 is 17.5 Å². The zero-order chi connectivity index (χ0) is 20.8. The number of aliphatic hydroxyl groups excluding tert-OH is 1. The normalized spacial score (nSPS) is 14.6. The molecule has 3 aromatic rings. The predicted molar refractivity (Wildman–Crippen MR) is 116 cm³/mol. The molecule has 1 aliphatic rings. The van der Waals surface area contributed by atoms with Crippen molar-refractivity contribution < 1.29 is 9.90 Å². The summed E-state index contributed by atoms with van der Waals surface area (Å²) >= 11 is 0. The molecule has 2 aromatic heterocycles. The maximum Gasteiger partial charge on any atom is 0.251 e. The molecule has 7 heteroatoms. The van der Waals surface area contributed by atoms with Gasteiger partial charge in [-0.15, -0.1) is 0 Å². The van der Waals surface area contributed by atoms with Crippen LogP contribution < -0.4 is 10.6 Å². The molecule has 0 fully saturated rings. The fourth-order valence-corrected chi connectivity index (χ4v) is 3.59. The van der Waals surface area contributed by atoms with E-state index in [1.807, 2.05) is 24.3 Å². The number of carbonyl (C=O) groups is 1. The van der Waals surface area contributed by atoms with Gasteiger partial charge in [-0.25, -0.2) is 9.97 Å². The summed E-state index contributed by atoms with van der Waals surface area (Å²) in [7, 11) is 0. The summed E-state index contributed by atoms with van der Waals surface area (Å²) in [5, 5.41) is 16.3. The minimum absolute atomic E-state index is 0.197. The highest BCUT2D eigenvalue weighted by Gasteiger charge is 2.19. The lowest BCUT2D eigenvalue weighted by atomic mass is 10.00. The SMILES string of the molecule is O=C(NCC(O)CN1CCc2ccccc2C1)c1ccnc(Nc2ccccn2)c1. The minimum atomic E-state index is -0.632. The number of nitrogens with zero attached hydrogens (tertiary/aromatic N) is 3. The Hall–Kier alpha value is -3.29. The molecule has 1 atom stereocenters. The van der Waals surface area contributed by atoms with Crippen LogP contribution in [0.5, 0.6) is 0 Å². The largest absolute Gasteiger partial charge is 0.390 e. The van der Waals surface area contributed by atoms with E-state index < -0.39 is 6.10 Å². The van der Waals surface area contributed by atoms with Crippen molar-refractivity contribution in [3.63, 3.8) is 0 Å². The number of benzene rings is 1. The van der Waals surface area contributed by atoms with Crippen LogP contribution in [0.4, 0.5) is 11.6 Å². The number of β-amino-alcohol motifs (C(OH)–C–C–N with tert-alkyl or cyclic N) is 1. The number of anilines is 2. The third kappa shape index (κ3) is 5.20. The fourth-order valence-electron chi connectivity index (χ4n) is 3.59. The molecule has 30 heavy (non-hydrogen) atoms. The molecule has 1 unspecified atom stereocenters. The second kappa shape index (κ2) is 9.47. The lowest BCUT2D eigenvalue weighted by Crippen LogP contribution is -2.42. The van der Waals surface area contributed by atoms with Gasteiger partial charge in [0.2, 0.25) is 0 Å². The highest BCUT2D eigenvalue weighted by molar-refractivity contribution is 5.94. The average molecular weight is 403 g/mol. The first kappa shape index (κ1) is 20.0. The molecule has 7 nitrogen and oxygen atoms in total. The lowest BCUT2D eigenvalue weighted by molar-refractivity contribution is 0.0842. The number of nitrogens with one attached hydrogen (secondary N) is 2. The molecule has 0 radical (unpaired) electrons. The van der Waals surface area contributed by atoms with Gasteiger partial charge in [0, 0.05) is 44.1 Å². The molecule has 0 bridgehead atoms. The molecular formula is C23H25N5O2.